The van der Waals surface area contributed by atoms with Crippen molar-refractivity contribution in [2.75, 3.05) is 38.2 Å². The SMILES string of the molecule is COc1ccc(S(=O)(=O)NC(CC(=O)N2CCN(c3cc(C)ccc3C)CC2)c2ccco2)cc1. The monoisotopic (exact) mass is 497 g/mol. The van der Waals surface area contributed by atoms with Gasteiger partial charge in [0, 0.05) is 31.9 Å². The maximum Gasteiger partial charge on any atom is 0.241 e. The van der Waals surface area contributed by atoms with E-state index in [0.717, 1.165) is 13.1 Å². The third-order valence-corrected chi connectivity index (χ3v) is 7.76. The predicted molar refractivity (Wildman–Crippen MR) is 134 cm³/mol. The first-order valence-corrected chi connectivity index (χ1v) is 13.0. The number of carbonyl (C=O) groups is 1. The molecule has 1 aliphatic heterocycles. The van der Waals surface area contributed by atoms with Gasteiger partial charge >= 0.3 is 0 Å². The van der Waals surface area contributed by atoms with Gasteiger partial charge in [-0.05, 0) is 67.4 Å². The van der Waals surface area contributed by atoms with E-state index in [4.69, 9.17) is 9.15 Å². The summed E-state index contributed by atoms with van der Waals surface area (Å²) in [7, 11) is -2.37. The standard InChI is InChI=1S/C26H31N3O5S/c1-19-6-7-20(2)24(17-19)28-12-14-29(15-13-28)26(30)18-23(25-5-4-16-34-25)27-35(31,32)22-10-8-21(33-3)9-11-22/h4-11,16-17,23,27H,12-15,18H2,1-3H3. The predicted octanol–water partition coefficient (Wildman–Crippen LogP) is 3.66. The van der Waals surface area contributed by atoms with Crippen molar-refractivity contribution in [2.24, 2.45) is 0 Å². The molecule has 0 spiro atoms. The molecule has 35 heavy (non-hydrogen) atoms. The number of piperazine rings is 1. The highest BCUT2D eigenvalue weighted by Gasteiger charge is 2.29. The van der Waals surface area contributed by atoms with Crippen molar-refractivity contribution in [1.82, 2.24) is 9.62 Å². The van der Waals surface area contributed by atoms with Gasteiger partial charge in [0.25, 0.3) is 0 Å². The summed E-state index contributed by atoms with van der Waals surface area (Å²) in [5.41, 5.74) is 3.61. The highest BCUT2D eigenvalue weighted by atomic mass is 32.2. The highest BCUT2D eigenvalue weighted by Crippen LogP contribution is 2.25. The smallest absolute Gasteiger partial charge is 0.241 e. The number of aryl methyl sites for hydroxylation is 2. The number of ether oxygens (including phenoxy) is 1. The van der Waals surface area contributed by atoms with Gasteiger partial charge in [0.2, 0.25) is 15.9 Å². The summed E-state index contributed by atoms with van der Waals surface area (Å²) < 4.78 is 39.3. The van der Waals surface area contributed by atoms with E-state index in [1.807, 2.05) is 0 Å². The first-order valence-electron chi connectivity index (χ1n) is 11.6. The van der Waals surface area contributed by atoms with Crippen LogP contribution in [-0.4, -0.2) is 52.5 Å². The number of benzene rings is 2. The maximum atomic E-state index is 13.2. The molecule has 3 aromatic rings. The average molecular weight is 498 g/mol. The quantitative estimate of drug-likeness (QED) is 0.511. The van der Waals surface area contributed by atoms with Gasteiger partial charge in [-0.25, -0.2) is 8.42 Å². The molecular formula is C26H31N3O5S. The lowest BCUT2D eigenvalue weighted by molar-refractivity contribution is -0.132. The Kier molecular flexibility index (Phi) is 7.47. The summed E-state index contributed by atoms with van der Waals surface area (Å²) >= 11 is 0. The van der Waals surface area contributed by atoms with Crippen LogP contribution in [0.2, 0.25) is 0 Å². The van der Waals surface area contributed by atoms with Gasteiger partial charge in [-0.2, -0.15) is 4.72 Å². The Hall–Kier alpha value is -3.30. The molecule has 2 aromatic carbocycles. The minimum atomic E-state index is -3.89. The van der Waals surface area contributed by atoms with Gasteiger partial charge in [0.1, 0.15) is 11.5 Å². The Balaban J connectivity index is 1.43. The molecule has 1 N–H and O–H groups in total. The molecule has 1 aliphatic rings. The first kappa shape index (κ1) is 24.8. The van der Waals surface area contributed by atoms with Crippen LogP contribution >= 0.6 is 0 Å². The third-order valence-electron chi connectivity index (χ3n) is 6.27. The van der Waals surface area contributed by atoms with Crippen LogP contribution in [0.5, 0.6) is 5.75 Å². The minimum Gasteiger partial charge on any atom is -0.497 e. The Labute approximate surface area is 206 Å². The molecule has 1 atom stereocenters. The number of anilines is 1. The fraction of sp³-hybridized carbons (Fsp3) is 0.346. The second-order valence-corrected chi connectivity index (χ2v) is 10.4. The molecule has 0 radical (unpaired) electrons. The van der Waals surface area contributed by atoms with Crippen LogP contribution in [-0.2, 0) is 14.8 Å². The minimum absolute atomic E-state index is 0.0353. The Bertz CT molecular complexity index is 1250. The number of hydrogen-bond acceptors (Lipinski definition) is 6. The van der Waals surface area contributed by atoms with Crippen LogP contribution in [0.1, 0.15) is 29.3 Å². The van der Waals surface area contributed by atoms with Crippen molar-refractivity contribution >= 4 is 21.6 Å². The lowest BCUT2D eigenvalue weighted by Crippen LogP contribution is -2.49. The highest BCUT2D eigenvalue weighted by molar-refractivity contribution is 7.89. The Morgan fingerprint density at radius 2 is 1.77 bits per heavy atom. The molecule has 1 amide bonds. The van der Waals surface area contributed by atoms with Gasteiger partial charge in [0.05, 0.1) is 30.7 Å². The van der Waals surface area contributed by atoms with Crippen LogP contribution < -0.4 is 14.4 Å². The van der Waals surface area contributed by atoms with E-state index in [2.05, 4.69) is 41.7 Å². The fourth-order valence-corrected chi connectivity index (χ4v) is 5.47. The van der Waals surface area contributed by atoms with Gasteiger partial charge in [-0.15, -0.1) is 0 Å². The number of methoxy groups -OCH3 is 1. The number of sulfonamides is 1. The molecule has 1 saturated heterocycles. The largest absolute Gasteiger partial charge is 0.497 e. The zero-order valence-corrected chi connectivity index (χ0v) is 21.0. The van der Waals surface area contributed by atoms with Gasteiger partial charge in [-0.3, -0.25) is 4.79 Å². The zero-order chi connectivity index (χ0) is 25.0. The Morgan fingerprint density at radius 3 is 2.40 bits per heavy atom. The van der Waals surface area contributed by atoms with E-state index in [-0.39, 0.29) is 17.2 Å². The zero-order valence-electron chi connectivity index (χ0n) is 20.2. The summed E-state index contributed by atoms with van der Waals surface area (Å²) in [5.74, 6) is 0.829. The summed E-state index contributed by atoms with van der Waals surface area (Å²) in [6.45, 7) is 6.75. The van der Waals surface area contributed by atoms with Crippen molar-refractivity contribution in [1.29, 1.82) is 0 Å². The number of nitrogens with one attached hydrogen (secondary N) is 1. The molecule has 1 fully saturated rings. The van der Waals surface area contributed by atoms with E-state index in [0.29, 0.717) is 24.6 Å². The van der Waals surface area contributed by atoms with Gasteiger partial charge in [-0.1, -0.05) is 12.1 Å². The number of nitrogens with zero attached hydrogens (tertiary/aromatic N) is 2. The van der Waals surface area contributed by atoms with Crippen LogP contribution in [0.15, 0.2) is 70.2 Å². The molecule has 1 unspecified atom stereocenters. The van der Waals surface area contributed by atoms with Gasteiger partial charge in [0.15, 0.2) is 0 Å². The third kappa shape index (κ3) is 5.86. The van der Waals surface area contributed by atoms with Crippen molar-refractivity contribution in [2.45, 2.75) is 31.2 Å². The van der Waals surface area contributed by atoms with Crippen LogP contribution in [0.25, 0.3) is 0 Å². The fourth-order valence-electron chi connectivity index (χ4n) is 4.26. The van der Waals surface area contributed by atoms with E-state index in [1.165, 1.54) is 42.3 Å². The van der Waals surface area contributed by atoms with Crippen molar-refractivity contribution in [3.8, 4) is 5.75 Å². The van der Waals surface area contributed by atoms with Gasteiger partial charge < -0.3 is 19.0 Å². The molecule has 4 rings (SSSR count). The molecule has 0 bridgehead atoms. The second-order valence-electron chi connectivity index (χ2n) is 8.73. The van der Waals surface area contributed by atoms with Crippen molar-refractivity contribution in [3.63, 3.8) is 0 Å². The maximum absolute atomic E-state index is 13.2. The number of furan rings is 1. The number of carbonyl (C=O) groups excluding carboxylic acids is 1. The van der Waals surface area contributed by atoms with E-state index in [9.17, 15) is 13.2 Å². The summed E-state index contributed by atoms with van der Waals surface area (Å²) in [6.07, 6.45) is 1.43. The van der Waals surface area contributed by atoms with Crippen LogP contribution in [0.3, 0.4) is 0 Å². The molecule has 1 aromatic heterocycles. The normalized spacial score (nSPS) is 15.2. The van der Waals surface area contributed by atoms with Crippen LogP contribution in [0, 0.1) is 13.8 Å². The molecule has 0 aliphatic carbocycles. The molecule has 9 heteroatoms. The van der Waals surface area contributed by atoms with Crippen molar-refractivity contribution < 1.29 is 22.4 Å². The lowest BCUT2D eigenvalue weighted by atomic mass is 10.1. The summed E-state index contributed by atoms with van der Waals surface area (Å²) in [5, 5.41) is 0. The second kappa shape index (κ2) is 10.5. The van der Waals surface area contributed by atoms with Crippen LogP contribution in [0.4, 0.5) is 5.69 Å². The topological polar surface area (TPSA) is 92.1 Å². The Morgan fingerprint density at radius 1 is 1.06 bits per heavy atom. The molecule has 8 nitrogen and oxygen atoms in total. The number of hydrogen-bond donors (Lipinski definition) is 1. The summed E-state index contributed by atoms with van der Waals surface area (Å²) in [4.78, 5) is 17.4. The molecule has 186 valence electrons. The number of rotatable bonds is 8. The summed E-state index contributed by atoms with van der Waals surface area (Å²) in [6, 6.07) is 15.0. The molecule has 2 heterocycles. The van der Waals surface area contributed by atoms with Crippen molar-refractivity contribution in [3.05, 3.63) is 77.7 Å². The van der Waals surface area contributed by atoms with E-state index < -0.39 is 16.1 Å². The van der Waals surface area contributed by atoms with E-state index >= 15 is 0 Å². The lowest BCUT2D eigenvalue weighted by Gasteiger charge is -2.37. The molecule has 0 saturated carbocycles. The molecular weight excluding hydrogens is 466 g/mol. The first-order chi connectivity index (χ1) is 16.8. The average Bonchev–Trinajstić information content (AvgIpc) is 3.40. The van der Waals surface area contributed by atoms with E-state index in [1.54, 1.807) is 29.2 Å². The number of amides is 1.